The van der Waals surface area contributed by atoms with E-state index in [9.17, 15) is 4.79 Å². The van der Waals surface area contributed by atoms with Crippen LogP contribution in [0.2, 0.25) is 58.9 Å². The number of carbonyl (C=O) groups excluding carboxylic acids is 1. The van der Waals surface area contributed by atoms with Crippen molar-refractivity contribution in [3.8, 4) is 0 Å². The molecule has 0 saturated heterocycles. The summed E-state index contributed by atoms with van der Waals surface area (Å²) in [5, 5.41) is 0. The minimum Gasteiger partial charge on any atom is -0.469 e. The minimum absolute atomic E-state index is 0.0693. The lowest BCUT2D eigenvalue weighted by atomic mass is 9.43. The molecule has 11 atom stereocenters. The van der Waals surface area contributed by atoms with E-state index < -0.39 is 25.0 Å². The van der Waals surface area contributed by atoms with E-state index in [0.717, 1.165) is 12.8 Å². The topological polar surface area (TPSA) is 54.0 Å². The molecule has 0 aromatic rings. The van der Waals surface area contributed by atoms with Crippen LogP contribution in [0.1, 0.15) is 78.6 Å². The molecule has 0 unspecified atom stereocenters. The van der Waals surface area contributed by atoms with Gasteiger partial charge in [0.15, 0.2) is 25.0 Å². The third kappa shape index (κ3) is 7.35. The first kappa shape index (κ1) is 34.9. The zero-order chi connectivity index (χ0) is 31.5. The summed E-state index contributed by atoms with van der Waals surface area (Å²) < 4.78 is 26.6. The molecule has 5 nitrogen and oxygen atoms in total. The Morgan fingerprint density at radius 2 is 1.29 bits per heavy atom. The molecule has 4 aliphatic rings. The van der Waals surface area contributed by atoms with Crippen molar-refractivity contribution in [1.82, 2.24) is 0 Å². The van der Waals surface area contributed by atoms with Crippen LogP contribution in [0, 0.1) is 46.3 Å². The fraction of sp³-hybridized carbons (Fsp3) is 0.971. The first-order valence-electron chi connectivity index (χ1n) is 17.3. The van der Waals surface area contributed by atoms with Gasteiger partial charge in [0.1, 0.15) is 0 Å². The van der Waals surface area contributed by atoms with Crippen LogP contribution in [-0.2, 0) is 22.8 Å². The van der Waals surface area contributed by atoms with Gasteiger partial charge < -0.3 is 18.0 Å². The Bertz CT molecular complexity index is 954. The highest BCUT2D eigenvalue weighted by atomic mass is 28.4. The van der Waals surface area contributed by atoms with E-state index >= 15 is 0 Å². The van der Waals surface area contributed by atoms with Gasteiger partial charge in [0.2, 0.25) is 0 Å². The molecule has 4 rings (SSSR count). The molecule has 244 valence electrons. The third-order valence-corrected chi connectivity index (χ3v) is 14.9. The zero-order valence-corrected chi connectivity index (χ0v) is 32.6. The summed E-state index contributed by atoms with van der Waals surface area (Å²) in [6.45, 7) is 29.0. The van der Waals surface area contributed by atoms with Crippen molar-refractivity contribution < 1.29 is 22.8 Å². The van der Waals surface area contributed by atoms with Crippen molar-refractivity contribution in [2.45, 2.75) is 156 Å². The van der Waals surface area contributed by atoms with Gasteiger partial charge in [-0.2, -0.15) is 0 Å². The van der Waals surface area contributed by atoms with Gasteiger partial charge in [-0.25, -0.2) is 0 Å². The second-order valence-corrected chi connectivity index (χ2v) is 31.6. The third-order valence-electron chi connectivity index (χ3n) is 11.9. The minimum atomic E-state index is -1.85. The molecular weight excluding hydrogens is 573 g/mol. The maximum absolute atomic E-state index is 12.0. The van der Waals surface area contributed by atoms with Gasteiger partial charge in [0.25, 0.3) is 0 Å². The fourth-order valence-corrected chi connectivity index (χ4v) is 13.9. The van der Waals surface area contributed by atoms with Gasteiger partial charge in [0, 0.05) is 12.5 Å². The number of ether oxygens (including phenoxy) is 1. The van der Waals surface area contributed by atoms with Crippen molar-refractivity contribution in [2.24, 2.45) is 46.3 Å². The molecular formula is C34H66O5Si3. The van der Waals surface area contributed by atoms with E-state index in [0.29, 0.717) is 53.4 Å². The van der Waals surface area contributed by atoms with Crippen LogP contribution in [0.15, 0.2) is 0 Å². The summed E-state index contributed by atoms with van der Waals surface area (Å²) in [6.07, 6.45) is 10.9. The molecule has 4 saturated carbocycles. The molecule has 0 heterocycles. The molecule has 0 aromatic carbocycles. The predicted molar refractivity (Wildman–Crippen MR) is 181 cm³/mol. The van der Waals surface area contributed by atoms with E-state index in [1.807, 2.05) is 0 Å². The van der Waals surface area contributed by atoms with Crippen molar-refractivity contribution in [1.29, 1.82) is 0 Å². The van der Waals surface area contributed by atoms with Crippen LogP contribution in [0.3, 0.4) is 0 Å². The highest BCUT2D eigenvalue weighted by molar-refractivity contribution is 6.70. The number of hydrogen-bond acceptors (Lipinski definition) is 5. The van der Waals surface area contributed by atoms with Gasteiger partial charge in [-0.3, -0.25) is 4.79 Å². The number of esters is 1. The molecule has 0 radical (unpaired) electrons. The SMILES string of the molecule is COC(=O)CC[C@@H](C)[C@H]1CC[C@H]2[C@@H]3[C@H](O[Si](C)(C)C)[C@H](O[Si](C)(C)C)[C@@H]4C[C@H](O[Si](C)(C)C)CC[C@]4(C)[C@H]3CC[C@]12C. The number of methoxy groups -OCH3 is 1. The van der Waals surface area contributed by atoms with E-state index in [2.05, 4.69) is 79.7 Å². The number of rotatable bonds is 10. The second-order valence-electron chi connectivity index (χ2n) is 18.2. The first-order valence-corrected chi connectivity index (χ1v) is 27.5. The van der Waals surface area contributed by atoms with Crippen molar-refractivity contribution in [2.75, 3.05) is 7.11 Å². The average molecular weight is 639 g/mol. The average Bonchev–Trinajstić information content (AvgIpc) is 3.19. The Morgan fingerprint density at radius 3 is 1.86 bits per heavy atom. The molecule has 0 spiro atoms. The molecule has 8 heteroatoms. The molecule has 42 heavy (non-hydrogen) atoms. The normalized spacial score (nSPS) is 41.5. The molecule has 4 fully saturated rings. The lowest BCUT2D eigenvalue weighted by Crippen LogP contribution is -2.67. The van der Waals surface area contributed by atoms with Gasteiger partial charge in [-0.15, -0.1) is 0 Å². The Kier molecular flexibility index (Phi) is 10.2. The van der Waals surface area contributed by atoms with Crippen LogP contribution in [0.4, 0.5) is 0 Å². The fourth-order valence-electron chi connectivity index (χ4n) is 10.5. The summed E-state index contributed by atoms with van der Waals surface area (Å²) in [4.78, 5) is 12.0. The standard InChI is InChI=1S/C34H66O5Si3/c1-23(14-17-29(35)36-4)25-15-16-26-30-27(19-21-33(25,26)2)34(3)20-18-24(37-40(5,6)7)22-28(34)31(38-41(8,9)10)32(30)39-42(11,12)13/h23-28,30-32H,14-22H2,1-13H3/t23-,24-,25-,26+,27+,28+,30+,31-,32+,33-,34-/m1/s1. The van der Waals surface area contributed by atoms with Crippen LogP contribution in [0.5, 0.6) is 0 Å². The maximum atomic E-state index is 12.0. The molecule has 0 bridgehead atoms. The van der Waals surface area contributed by atoms with Crippen molar-refractivity contribution in [3.63, 3.8) is 0 Å². The van der Waals surface area contributed by atoms with Gasteiger partial charge in [-0.1, -0.05) is 20.8 Å². The zero-order valence-electron chi connectivity index (χ0n) is 29.6. The monoisotopic (exact) mass is 638 g/mol. The van der Waals surface area contributed by atoms with Crippen LogP contribution in [-0.4, -0.2) is 56.3 Å². The molecule has 0 aliphatic heterocycles. The van der Waals surface area contributed by atoms with Crippen LogP contribution in [0.25, 0.3) is 0 Å². The molecule has 4 aliphatic carbocycles. The summed E-state index contributed by atoms with van der Waals surface area (Å²) in [7, 11) is -3.82. The number of carbonyl (C=O) groups is 1. The summed E-state index contributed by atoms with van der Waals surface area (Å²) in [6, 6.07) is 0. The summed E-state index contributed by atoms with van der Waals surface area (Å²) in [5.74, 6) is 3.49. The van der Waals surface area contributed by atoms with Gasteiger partial charge >= 0.3 is 5.97 Å². The molecule has 0 amide bonds. The van der Waals surface area contributed by atoms with Crippen LogP contribution >= 0.6 is 0 Å². The smallest absolute Gasteiger partial charge is 0.305 e. The maximum Gasteiger partial charge on any atom is 0.305 e. The van der Waals surface area contributed by atoms with Crippen LogP contribution < -0.4 is 0 Å². The van der Waals surface area contributed by atoms with E-state index in [1.165, 1.54) is 45.6 Å². The van der Waals surface area contributed by atoms with E-state index in [1.54, 1.807) is 0 Å². The Hall–Kier alpha value is 0.000649. The van der Waals surface area contributed by atoms with Crippen molar-refractivity contribution in [3.05, 3.63) is 0 Å². The highest BCUT2D eigenvalue weighted by Gasteiger charge is 2.66. The van der Waals surface area contributed by atoms with E-state index in [4.69, 9.17) is 18.0 Å². The lowest BCUT2D eigenvalue weighted by Gasteiger charge is -2.66. The lowest BCUT2D eigenvalue weighted by molar-refractivity contribution is -0.213. The largest absolute Gasteiger partial charge is 0.469 e. The van der Waals surface area contributed by atoms with Gasteiger partial charge in [0.05, 0.1) is 19.3 Å². The molecule has 0 N–H and O–H groups in total. The Balaban J connectivity index is 1.73. The second kappa shape index (κ2) is 12.3. The Morgan fingerprint density at radius 1 is 0.738 bits per heavy atom. The molecule has 0 aromatic heterocycles. The summed E-state index contributed by atoms with van der Waals surface area (Å²) in [5.41, 5.74) is 0.562. The summed E-state index contributed by atoms with van der Waals surface area (Å²) >= 11 is 0. The number of fused-ring (bicyclic) bond motifs is 5. The first-order chi connectivity index (χ1) is 19.2. The van der Waals surface area contributed by atoms with Crippen molar-refractivity contribution >= 4 is 30.9 Å². The van der Waals surface area contributed by atoms with E-state index in [-0.39, 0.29) is 23.6 Å². The number of hydrogen-bond donors (Lipinski definition) is 0. The Labute approximate surface area is 262 Å². The highest BCUT2D eigenvalue weighted by Crippen LogP contribution is 2.69. The predicted octanol–water partition coefficient (Wildman–Crippen LogP) is 9.11. The quantitative estimate of drug-likeness (QED) is 0.176. The van der Waals surface area contributed by atoms with Gasteiger partial charge in [-0.05, 0) is 157 Å².